The molecule has 0 amide bonds. The summed E-state index contributed by atoms with van der Waals surface area (Å²) in [4.78, 5) is 1.20. The Hall–Kier alpha value is -1.03. The summed E-state index contributed by atoms with van der Waals surface area (Å²) in [5, 5.41) is 3.97. The first-order chi connectivity index (χ1) is 9.70. The Bertz CT molecular complexity index is 547. The number of rotatable bonds is 6. The van der Waals surface area contributed by atoms with Crippen LogP contribution in [-0.2, 0) is 0 Å². The summed E-state index contributed by atoms with van der Waals surface area (Å²) in [6.07, 6.45) is 0. The van der Waals surface area contributed by atoms with Crippen LogP contribution in [-0.4, -0.2) is 12.3 Å². The van der Waals surface area contributed by atoms with Gasteiger partial charge >= 0.3 is 0 Å². The van der Waals surface area contributed by atoms with E-state index in [0.717, 1.165) is 17.9 Å². The van der Waals surface area contributed by atoms with Crippen LogP contribution in [0.3, 0.4) is 0 Å². The third kappa shape index (κ3) is 4.23. The zero-order valence-electron chi connectivity index (χ0n) is 11.3. The van der Waals surface area contributed by atoms with Crippen molar-refractivity contribution in [3.63, 3.8) is 0 Å². The van der Waals surface area contributed by atoms with Crippen LogP contribution in [0.5, 0.6) is 0 Å². The number of hydrogen-bond acceptors (Lipinski definition) is 2. The second kappa shape index (κ2) is 7.67. The smallest absolute Gasteiger partial charge is 0.123 e. The molecule has 2 aromatic rings. The summed E-state index contributed by atoms with van der Waals surface area (Å²) >= 11 is 7.93. The molecule has 0 bridgehead atoms. The number of halogens is 2. The molecule has 0 saturated heterocycles. The lowest BCUT2D eigenvalue weighted by atomic mass is 10.1. The summed E-state index contributed by atoms with van der Waals surface area (Å²) in [5.41, 5.74) is 0.817. The Labute approximate surface area is 128 Å². The van der Waals surface area contributed by atoms with Crippen LogP contribution in [0.25, 0.3) is 0 Å². The Morgan fingerprint density at radius 1 is 1.20 bits per heavy atom. The van der Waals surface area contributed by atoms with Gasteiger partial charge in [0.05, 0.1) is 0 Å². The van der Waals surface area contributed by atoms with Crippen molar-refractivity contribution in [3.8, 4) is 0 Å². The second-order valence-electron chi connectivity index (χ2n) is 4.40. The van der Waals surface area contributed by atoms with Gasteiger partial charge in [0.2, 0.25) is 0 Å². The van der Waals surface area contributed by atoms with E-state index in [0.29, 0.717) is 5.02 Å². The van der Waals surface area contributed by atoms with E-state index in [4.69, 9.17) is 11.6 Å². The minimum absolute atomic E-state index is 0.0356. The summed E-state index contributed by atoms with van der Waals surface area (Å²) in [6, 6.07) is 14.7. The lowest BCUT2D eigenvalue weighted by Gasteiger charge is -2.19. The van der Waals surface area contributed by atoms with Crippen LogP contribution in [0.15, 0.2) is 53.4 Å². The van der Waals surface area contributed by atoms with Gasteiger partial charge in [0.15, 0.2) is 0 Å². The van der Waals surface area contributed by atoms with Gasteiger partial charge in [-0.15, -0.1) is 11.8 Å². The molecule has 1 nitrogen and oxygen atoms in total. The molecule has 2 aromatic carbocycles. The summed E-state index contributed by atoms with van der Waals surface area (Å²) in [6.45, 7) is 2.85. The quantitative estimate of drug-likeness (QED) is 0.760. The Morgan fingerprint density at radius 2 is 1.95 bits per heavy atom. The molecule has 0 saturated carbocycles. The van der Waals surface area contributed by atoms with Gasteiger partial charge in [-0.25, -0.2) is 4.39 Å². The van der Waals surface area contributed by atoms with Crippen LogP contribution in [0, 0.1) is 5.82 Å². The average Bonchev–Trinajstić information content (AvgIpc) is 2.47. The van der Waals surface area contributed by atoms with Crippen LogP contribution < -0.4 is 5.32 Å². The minimum atomic E-state index is -0.253. The van der Waals surface area contributed by atoms with Gasteiger partial charge in [-0.2, -0.15) is 0 Å². The highest BCUT2D eigenvalue weighted by Crippen LogP contribution is 2.29. The van der Waals surface area contributed by atoms with E-state index in [1.807, 2.05) is 25.1 Å². The highest BCUT2D eigenvalue weighted by atomic mass is 35.5. The molecular formula is C16H17ClFNS. The fraction of sp³-hybridized carbons (Fsp3) is 0.250. The first kappa shape index (κ1) is 15.4. The van der Waals surface area contributed by atoms with Crippen molar-refractivity contribution in [2.24, 2.45) is 0 Å². The highest BCUT2D eigenvalue weighted by molar-refractivity contribution is 7.99. The van der Waals surface area contributed by atoms with Crippen molar-refractivity contribution in [1.82, 2.24) is 5.32 Å². The molecule has 0 spiro atoms. The molecule has 0 heterocycles. The monoisotopic (exact) mass is 309 g/mol. The van der Waals surface area contributed by atoms with Gasteiger partial charge in [0.1, 0.15) is 5.82 Å². The topological polar surface area (TPSA) is 12.0 Å². The van der Waals surface area contributed by atoms with E-state index in [1.54, 1.807) is 17.8 Å². The molecule has 1 N–H and O–H groups in total. The molecule has 1 atom stereocenters. The van der Waals surface area contributed by atoms with E-state index in [1.165, 1.54) is 17.0 Å². The fourth-order valence-corrected chi connectivity index (χ4v) is 3.24. The molecule has 0 fully saturated rings. The molecule has 0 aliphatic carbocycles. The average molecular weight is 310 g/mol. The Balaban J connectivity index is 2.12. The number of nitrogens with one attached hydrogen (secondary N) is 1. The molecule has 0 aromatic heterocycles. The largest absolute Gasteiger partial charge is 0.309 e. The van der Waals surface area contributed by atoms with Crippen LogP contribution >= 0.6 is 23.4 Å². The first-order valence-corrected chi connectivity index (χ1v) is 7.93. The molecule has 4 heteroatoms. The van der Waals surface area contributed by atoms with Crippen molar-refractivity contribution in [2.45, 2.75) is 17.9 Å². The Kier molecular flexibility index (Phi) is 5.89. The number of hydrogen-bond donors (Lipinski definition) is 1. The van der Waals surface area contributed by atoms with Gasteiger partial charge in [0, 0.05) is 21.7 Å². The predicted octanol–water partition coefficient (Wildman–Crippen LogP) is 4.92. The summed E-state index contributed by atoms with van der Waals surface area (Å²) in [7, 11) is 0. The van der Waals surface area contributed by atoms with Crippen molar-refractivity contribution in [2.75, 3.05) is 12.3 Å². The van der Waals surface area contributed by atoms with E-state index in [-0.39, 0.29) is 11.9 Å². The molecule has 0 aliphatic rings. The normalized spacial score (nSPS) is 12.3. The molecule has 1 unspecified atom stereocenters. The van der Waals surface area contributed by atoms with Crippen molar-refractivity contribution >= 4 is 23.4 Å². The van der Waals surface area contributed by atoms with Crippen molar-refractivity contribution in [3.05, 3.63) is 64.9 Å². The molecule has 2 rings (SSSR count). The van der Waals surface area contributed by atoms with Gasteiger partial charge in [0.25, 0.3) is 0 Å². The second-order valence-corrected chi connectivity index (χ2v) is 5.90. The van der Waals surface area contributed by atoms with Gasteiger partial charge < -0.3 is 5.32 Å². The zero-order chi connectivity index (χ0) is 14.4. The van der Waals surface area contributed by atoms with E-state index in [2.05, 4.69) is 17.4 Å². The van der Waals surface area contributed by atoms with E-state index in [9.17, 15) is 4.39 Å². The highest BCUT2D eigenvalue weighted by Gasteiger charge is 2.15. The van der Waals surface area contributed by atoms with Crippen LogP contribution in [0.4, 0.5) is 4.39 Å². The third-order valence-corrected chi connectivity index (χ3v) is 4.39. The standard InChI is InChI=1S/C16H17ClFNS/c1-2-19-16(11-20-13-6-4-3-5-7-13)14-10-12(18)8-9-15(14)17/h3-10,16,19H,2,11H2,1H3. The predicted molar refractivity (Wildman–Crippen MR) is 85.0 cm³/mol. The molecule has 0 aliphatic heterocycles. The minimum Gasteiger partial charge on any atom is -0.309 e. The van der Waals surface area contributed by atoms with Gasteiger partial charge in [-0.3, -0.25) is 0 Å². The number of benzene rings is 2. The number of thioether (sulfide) groups is 1. The van der Waals surface area contributed by atoms with Crippen molar-refractivity contribution in [1.29, 1.82) is 0 Å². The van der Waals surface area contributed by atoms with Gasteiger partial charge in [-0.1, -0.05) is 36.7 Å². The molecule has 20 heavy (non-hydrogen) atoms. The maximum Gasteiger partial charge on any atom is 0.123 e. The maximum absolute atomic E-state index is 13.4. The lowest BCUT2D eigenvalue weighted by molar-refractivity contribution is 0.589. The Morgan fingerprint density at radius 3 is 2.65 bits per heavy atom. The van der Waals surface area contributed by atoms with Crippen LogP contribution in [0.1, 0.15) is 18.5 Å². The first-order valence-electron chi connectivity index (χ1n) is 6.57. The van der Waals surface area contributed by atoms with E-state index < -0.39 is 0 Å². The molecular weight excluding hydrogens is 293 g/mol. The summed E-state index contributed by atoms with van der Waals surface area (Å²) < 4.78 is 13.4. The molecule has 0 radical (unpaired) electrons. The zero-order valence-corrected chi connectivity index (χ0v) is 12.8. The van der Waals surface area contributed by atoms with Crippen LogP contribution in [0.2, 0.25) is 5.02 Å². The lowest BCUT2D eigenvalue weighted by Crippen LogP contribution is -2.23. The van der Waals surface area contributed by atoms with Crippen molar-refractivity contribution < 1.29 is 4.39 Å². The molecule has 106 valence electrons. The SMILES string of the molecule is CCNC(CSc1ccccc1)c1cc(F)ccc1Cl. The summed E-state index contributed by atoms with van der Waals surface area (Å²) in [5.74, 6) is 0.554. The fourth-order valence-electron chi connectivity index (χ4n) is 1.98. The maximum atomic E-state index is 13.4. The third-order valence-electron chi connectivity index (χ3n) is 2.94. The van der Waals surface area contributed by atoms with Gasteiger partial charge in [-0.05, 0) is 42.4 Å². The van der Waals surface area contributed by atoms with E-state index >= 15 is 0 Å².